The van der Waals surface area contributed by atoms with Crippen molar-refractivity contribution >= 4 is 17.9 Å². The van der Waals surface area contributed by atoms with E-state index < -0.39 is 6.10 Å². The number of esters is 3. The summed E-state index contributed by atoms with van der Waals surface area (Å²) in [5.74, 6) is -0.843. The standard InChI is InChI=1S/C54H104O6/c1-4-7-10-13-16-19-21-23-25-27-29-31-33-35-38-41-44-47-53(56)59-50-51(49-58-52(55)46-43-40-37-18-15-12-9-6-3)60-54(57)48-45-42-39-36-34-32-30-28-26-24-22-20-17-14-11-8-5-2/h51H,4-50H2,1-3H3. The van der Waals surface area contributed by atoms with Gasteiger partial charge in [0.15, 0.2) is 6.10 Å². The predicted octanol–water partition coefficient (Wildman–Crippen LogP) is 17.6. The molecule has 1 unspecified atom stereocenters. The Kier molecular flexibility index (Phi) is 48.7. The van der Waals surface area contributed by atoms with Gasteiger partial charge in [-0.2, -0.15) is 0 Å². The Bertz CT molecular complexity index is 889. The fourth-order valence-electron chi connectivity index (χ4n) is 8.27. The Morgan fingerprint density at radius 3 is 0.667 bits per heavy atom. The fourth-order valence-corrected chi connectivity index (χ4v) is 8.27. The predicted molar refractivity (Wildman–Crippen MR) is 257 cm³/mol. The minimum Gasteiger partial charge on any atom is -0.462 e. The number of rotatable bonds is 50. The van der Waals surface area contributed by atoms with E-state index >= 15 is 0 Å². The molecule has 0 N–H and O–H groups in total. The van der Waals surface area contributed by atoms with Gasteiger partial charge in [-0.15, -0.1) is 0 Å². The molecule has 0 saturated carbocycles. The van der Waals surface area contributed by atoms with Crippen molar-refractivity contribution in [1.29, 1.82) is 0 Å². The maximum Gasteiger partial charge on any atom is 0.306 e. The molecule has 6 heteroatoms. The Morgan fingerprint density at radius 1 is 0.267 bits per heavy atom. The topological polar surface area (TPSA) is 78.9 Å². The number of hydrogen-bond donors (Lipinski definition) is 0. The van der Waals surface area contributed by atoms with Gasteiger partial charge in [0, 0.05) is 19.3 Å². The van der Waals surface area contributed by atoms with Crippen LogP contribution in [0.3, 0.4) is 0 Å². The zero-order chi connectivity index (χ0) is 43.7. The summed E-state index contributed by atoms with van der Waals surface area (Å²) < 4.78 is 16.8. The first-order valence-electron chi connectivity index (χ1n) is 27.0. The van der Waals surface area contributed by atoms with Gasteiger partial charge in [0.1, 0.15) is 13.2 Å². The minimum absolute atomic E-state index is 0.0619. The smallest absolute Gasteiger partial charge is 0.306 e. The highest BCUT2D eigenvalue weighted by Crippen LogP contribution is 2.17. The van der Waals surface area contributed by atoms with Crippen molar-refractivity contribution < 1.29 is 28.6 Å². The molecule has 0 aromatic heterocycles. The third-order valence-corrected chi connectivity index (χ3v) is 12.4. The van der Waals surface area contributed by atoms with Crippen molar-refractivity contribution in [2.75, 3.05) is 13.2 Å². The quantitative estimate of drug-likeness (QED) is 0.0345. The van der Waals surface area contributed by atoms with Crippen LogP contribution in [-0.4, -0.2) is 37.2 Å². The number of unbranched alkanes of at least 4 members (excludes halogenated alkanes) is 39. The first kappa shape index (κ1) is 58.4. The molecule has 0 amide bonds. The SMILES string of the molecule is CCCCCCCCCCCCCCCCCCCC(=O)OCC(COC(=O)CCCCCCCCCC)OC(=O)CCCCCCCCCCCCCCCCCCC. The lowest BCUT2D eigenvalue weighted by Gasteiger charge is -2.18. The van der Waals surface area contributed by atoms with Crippen molar-refractivity contribution in [3.8, 4) is 0 Å². The molecule has 0 aliphatic heterocycles. The Morgan fingerprint density at radius 2 is 0.450 bits per heavy atom. The molecule has 0 aliphatic rings. The largest absolute Gasteiger partial charge is 0.462 e. The van der Waals surface area contributed by atoms with E-state index in [1.54, 1.807) is 0 Å². The molecule has 1 atom stereocenters. The minimum atomic E-state index is -0.759. The van der Waals surface area contributed by atoms with Gasteiger partial charge in [0.25, 0.3) is 0 Å². The van der Waals surface area contributed by atoms with Crippen molar-refractivity contribution in [3.05, 3.63) is 0 Å². The monoisotopic (exact) mass is 849 g/mol. The van der Waals surface area contributed by atoms with Crippen LogP contribution in [0.4, 0.5) is 0 Å². The van der Waals surface area contributed by atoms with Crippen LogP contribution in [0.5, 0.6) is 0 Å². The van der Waals surface area contributed by atoms with E-state index in [1.165, 1.54) is 212 Å². The lowest BCUT2D eigenvalue weighted by molar-refractivity contribution is -0.167. The summed E-state index contributed by atoms with van der Waals surface area (Å²) in [5, 5.41) is 0. The molecule has 0 radical (unpaired) electrons. The molecule has 0 aromatic carbocycles. The number of carbonyl (C=O) groups excluding carboxylic acids is 3. The molecule has 0 bridgehead atoms. The lowest BCUT2D eigenvalue weighted by atomic mass is 10.0. The summed E-state index contributed by atoms with van der Waals surface area (Å²) >= 11 is 0. The van der Waals surface area contributed by atoms with Crippen LogP contribution in [-0.2, 0) is 28.6 Å². The normalized spacial score (nSPS) is 11.8. The first-order chi connectivity index (χ1) is 29.5. The Labute approximate surface area is 374 Å². The van der Waals surface area contributed by atoms with E-state index in [-0.39, 0.29) is 31.1 Å². The van der Waals surface area contributed by atoms with E-state index in [0.717, 1.165) is 57.8 Å². The molecule has 0 aliphatic carbocycles. The summed E-state index contributed by atoms with van der Waals surface area (Å²) in [4.78, 5) is 37.9. The van der Waals surface area contributed by atoms with Gasteiger partial charge in [-0.25, -0.2) is 0 Å². The fraction of sp³-hybridized carbons (Fsp3) is 0.944. The van der Waals surface area contributed by atoms with Crippen molar-refractivity contribution in [3.63, 3.8) is 0 Å². The Balaban J connectivity index is 4.20. The molecule has 356 valence electrons. The van der Waals surface area contributed by atoms with E-state index in [4.69, 9.17) is 14.2 Å². The second kappa shape index (κ2) is 50.1. The highest BCUT2D eigenvalue weighted by molar-refractivity contribution is 5.71. The van der Waals surface area contributed by atoms with Crippen LogP contribution in [0.2, 0.25) is 0 Å². The maximum atomic E-state index is 12.8. The third-order valence-electron chi connectivity index (χ3n) is 12.4. The van der Waals surface area contributed by atoms with Crippen LogP contribution in [0, 0.1) is 0 Å². The zero-order valence-electron chi connectivity index (χ0n) is 40.8. The highest BCUT2D eigenvalue weighted by Gasteiger charge is 2.19. The van der Waals surface area contributed by atoms with Gasteiger partial charge in [0.05, 0.1) is 0 Å². The first-order valence-corrected chi connectivity index (χ1v) is 27.0. The van der Waals surface area contributed by atoms with Crippen molar-refractivity contribution in [1.82, 2.24) is 0 Å². The molecular formula is C54H104O6. The van der Waals surface area contributed by atoms with Gasteiger partial charge >= 0.3 is 17.9 Å². The second-order valence-corrected chi connectivity index (χ2v) is 18.5. The highest BCUT2D eigenvalue weighted by atomic mass is 16.6. The number of hydrogen-bond acceptors (Lipinski definition) is 6. The van der Waals surface area contributed by atoms with Crippen molar-refractivity contribution in [2.24, 2.45) is 0 Å². The van der Waals surface area contributed by atoms with Crippen LogP contribution in [0.15, 0.2) is 0 Å². The average molecular weight is 849 g/mol. The van der Waals surface area contributed by atoms with E-state index in [0.29, 0.717) is 19.3 Å². The third kappa shape index (κ3) is 47.5. The molecular weight excluding hydrogens is 745 g/mol. The van der Waals surface area contributed by atoms with Gasteiger partial charge < -0.3 is 14.2 Å². The van der Waals surface area contributed by atoms with E-state index in [2.05, 4.69) is 20.8 Å². The lowest BCUT2D eigenvalue weighted by Crippen LogP contribution is -2.30. The summed E-state index contributed by atoms with van der Waals surface area (Å²) in [6, 6.07) is 0. The van der Waals surface area contributed by atoms with Gasteiger partial charge in [0.2, 0.25) is 0 Å². The van der Waals surface area contributed by atoms with Gasteiger partial charge in [-0.1, -0.05) is 271 Å². The summed E-state index contributed by atoms with van der Waals surface area (Å²) in [6.07, 6.45) is 53.8. The molecule has 6 nitrogen and oxygen atoms in total. The van der Waals surface area contributed by atoms with Crippen molar-refractivity contribution in [2.45, 2.75) is 316 Å². The molecule has 0 fully saturated rings. The average Bonchev–Trinajstić information content (AvgIpc) is 3.24. The van der Waals surface area contributed by atoms with Crippen LogP contribution in [0.1, 0.15) is 310 Å². The van der Waals surface area contributed by atoms with E-state index in [1.807, 2.05) is 0 Å². The molecule has 60 heavy (non-hydrogen) atoms. The molecule has 0 rings (SSSR count). The van der Waals surface area contributed by atoms with Crippen LogP contribution >= 0.6 is 0 Å². The van der Waals surface area contributed by atoms with E-state index in [9.17, 15) is 14.4 Å². The van der Waals surface area contributed by atoms with Crippen LogP contribution in [0.25, 0.3) is 0 Å². The summed E-state index contributed by atoms with van der Waals surface area (Å²) in [6.45, 7) is 6.67. The molecule has 0 spiro atoms. The summed E-state index contributed by atoms with van der Waals surface area (Å²) in [5.41, 5.74) is 0. The van der Waals surface area contributed by atoms with Crippen LogP contribution < -0.4 is 0 Å². The van der Waals surface area contributed by atoms with Gasteiger partial charge in [-0.3, -0.25) is 14.4 Å². The zero-order valence-corrected chi connectivity index (χ0v) is 40.8. The van der Waals surface area contributed by atoms with Gasteiger partial charge in [-0.05, 0) is 19.3 Å². The molecule has 0 heterocycles. The summed E-state index contributed by atoms with van der Waals surface area (Å²) in [7, 11) is 0. The number of carbonyl (C=O) groups is 3. The second-order valence-electron chi connectivity index (χ2n) is 18.5. The number of ether oxygens (including phenoxy) is 3. The molecule has 0 aromatic rings. The molecule has 0 saturated heterocycles. The maximum absolute atomic E-state index is 12.8. The Hall–Kier alpha value is -1.59.